The van der Waals surface area contributed by atoms with Crippen LogP contribution in [0.5, 0.6) is 0 Å². The van der Waals surface area contributed by atoms with Crippen molar-refractivity contribution >= 4 is 42.1 Å². The fraction of sp³-hybridized carbons (Fsp3) is 0.765. The number of aromatic nitrogens is 1. The maximum atomic E-state index is 13.1. The van der Waals surface area contributed by atoms with Gasteiger partial charge in [0.25, 0.3) is 0 Å². The van der Waals surface area contributed by atoms with E-state index in [0.29, 0.717) is 25.7 Å². The highest BCUT2D eigenvalue weighted by Gasteiger charge is 2.42. The monoisotopic (exact) mass is 409 g/mol. The van der Waals surface area contributed by atoms with Crippen LogP contribution < -0.4 is 5.73 Å². The Morgan fingerprint density at radius 3 is 2.76 bits per heavy atom. The van der Waals surface area contributed by atoms with E-state index in [4.69, 9.17) is 15.5 Å². The molecule has 2 N–H and O–H groups in total. The molecule has 0 aromatic carbocycles. The number of nitrogens with zero attached hydrogens (tertiary/aromatic N) is 2. The van der Waals surface area contributed by atoms with Crippen LogP contribution in [0.2, 0.25) is 0 Å². The Labute approximate surface area is 166 Å². The summed E-state index contributed by atoms with van der Waals surface area (Å²) in [5.74, 6) is 0.618. The molecular formula is C17H29Cl2N3O2S. The number of hydrogen-bond acceptors (Lipinski definition) is 5. The third-order valence-corrected chi connectivity index (χ3v) is 6.34. The lowest BCUT2D eigenvalue weighted by atomic mass is 9.78. The van der Waals surface area contributed by atoms with Gasteiger partial charge >= 0.3 is 0 Å². The van der Waals surface area contributed by atoms with Gasteiger partial charge in [-0.15, -0.1) is 36.2 Å². The second kappa shape index (κ2) is 10.1. The van der Waals surface area contributed by atoms with Crippen LogP contribution in [0.3, 0.4) is 0 Å². The molecule has 0 aliphatic carbocycles. The zero-order valence-corrected chi connectivity index (χ0v) is 17.2. The first-order valence-corrected chi connectivity index (χ1v) is 9.58. The second-order valence-electron chi connectivity index (χ2n) is 6.72. The number of amides is 1. The quantitative estimate of drug-likeness (QED) is 0.829. The second-order valence-corrected chi connectivity index (χ2v) is 7.61. The van der Waals surface area contributed by atoms with Crippen LogP contribution >= 0.6 is 36.2 Å². The van der Waals surface area contributed by atoms with Crippen LogP contribution in [0.25, 0.3) is 0 Å². The molecule has 1 aromatic heterocycles. The summed E-state index contributed by atoms with van der Waals surface area (Å²) in [4.78, 5) is 19.9. The van der Waals surface area contributed by atoms with E-state index in [1.165, 1.54) is 5.01 Å². The van der Waals surface area contributed by atoms with Gasteiger partial charge in [-0.2, -0.15) is 0 Å². The van der Waals surface area contributed by atoms with Crippen molar-refractivity contribution < 1.29 is 9.53 Å². The molecule has 5 nitrogen and oxygen atoms in total. The summed E-state index contributed by atoms with van der Waals surface area (Å²) in [5, 5.41) is 3.34. The average molecular weight is 410 g/mol. The molecule has 25 heavy (non-hydrogen) atoms. The number of hydrogen-bond donors (Lipinski definition) is 1. The van der Waals surface area contributed by atoms with Crippen molar-refractivity contribution in [2.24, 2.45) is 11.1 Å². The van der Waals surface area contributed by atoms with E-state index in [1.54, 1.807) is 11.3 Å². The molecule has 3 rings (SSSR count). The number of ether oxygens (including phenoxy) is 1. The summed E-state index contributed by atoms with van der Waals surface area (Å²) in [5.41, 5.74) is 6.76. The minimum Gasteiger partial charge on any atom is -0.381 e. The number of nitrogens with two attached hydrogens (primary N) is 1. The molecule has 0 bridgehead atoms. The van der Waals surface area contributed by atoms with Crippen molar-refractivity contribution in [1.29, 1.82) is 0 Å². The Bertz CT molecular complexity index is 550. The highest BCUT2D eigenvalue weighted by molar-refractivity contribution is 7.09. The summed E-state index contributed by atoms with van der Waals surface area (Å²) in [7, 11) is 0. The first-order valence-electron chi connectivity index (χ1n) is 8.70. The molecule has 1 unspecified atom stereocenters. The topological polar surface area (TPSA) is 68.5 Å². The molecule has 1 amide bonds. The molecule has 0 spiro atoms. The summed E-state index contributed by atoms with van der Waals surface area (Å²) < 4.78 is 5.43. The molecule has 8 heteroatoms. The van der Waals surface area contributed by atoms with E-state index >= 15 is 0 Å². The number of carbonyl (C=O) groups is 1. The number of piperidine rings is 1. The van der Waals surface area contributed by atoms with E-state index < -0.39 is 5.41 Å². The van der Waals surface area contributed by atoms with Crippen LogP contribution in [-0.2, 0) is 16.0 Å². The van der Waals surface area contributed by atoms with Crippen molar-refractivity contribution in [3.8, 4) is 0 Å². The molecule has 0 radical (unpaired) electrons. The maximum Gasteiger partial charge on any atom is 0.230 e. The van der Waals surface area contributed by atoms with E-state index in [9.17, 15) is 4.79 Å². The molecule has 2 aliphatic heterocycles. The van der Waals surface area contributed by atoms with Crippen molar-refractivity contribution in [3.63, 3.8) is 0 Å². The van der Waals surface area contributed by atoms with Crippen molar-refractivity contribution in [2.75, 3.05) is 32.8 Å². The Morgan fingerprint density at radius 1 is 1.44 bits per heavy atom. The number of halogens is 2. The largest absolute Gasteiger partial charge is 0.381 e. The molecule has 1 aromatic rings. The van der Waals surface area contributed by atoms with Gasteiger partial charge in [-0.3, -0.25) is 4.79 Å². The molecule has 2 fully saturated rings. The van der Waals surface area contributed by atoms with E-state index in [1.807, 2.05) is 4.90 Å². The summed E-state index contributed by atoms with van der Waals surface area (Å²) >= 11 is 1.74. The highest BCUT2D eigenvalue weighted by Crippen LogP contribution is 2.35. The first kappa shape index (κ1) is 22.6. The number of likely N-dealkylation sites (tertiary alicyclic amines) is 1. The predicted octanol–water partition coefficient (Wildman–Crippen LogP) is 3.01. The number of rotatable bonds is 4. The van der Waals surface area contributed by atoms with Gasteiger partial charge in [-0.05, 0) is 32.1 Å². The molecule has 1 atom stereocenters. The lowest BCUT2D eigenvalue weighted by Crippen LogP contribution is -2.53. The van der Waals surface area contributed by atoms with Gasteiger partial charge < -0.3 is 15.4 Å². The minimum atomic E-state index is -0.405. The van der Waals surface area contributed by atoms with Crippen LogP contribution in [0, 0.1) is 5.41 Å². The van der Waals surface area contributed by atoms with Crippen LogP contribution in [0.1, 0.15) is 49.2 Å². The van der Waals surface area contributed by atoms with E-state index in [-0.39, 0.29) is 30.7 Å². The summed E-state index contributed by atoms with van der Waals surface area (Å²) in [6.45, 7) is 5.49. The van der Waals surface area contributed by atoms with Crippen LogP contribution in [-0.4, -0.2) is 48.6 Å². The Kier molecular flexibility index (Phi) is 9.12. The predicted molar refractivity (Wildman–Crippen MR) is 106 cm³/mol. The number of carbonyl (C=O) groups excluding carboxylic acids is 1. The van der Waals surface area contributed by atoms with Crippen LogP contribution in [0.15, 0.2) is 5.38 Å². The van der Waals surface area contributed by atoms with Gasteiger partial charge in [-0.25, -0.2) is 4.98 Å². The fourth-order valence-electron chi connectivity index (χ4n) is 3.64. The molecule has 2 aliphatic rings. The molecular weight excluding hydrogens is 381 g/mol. The van der Waals surface area contributed by atoms with Gasteiger partial charge in [0.1, 0.15) is 0 Å². The van der Waals surface area contributed by atoms with Crippen molar-refractivity contribution in [2.45, 2.75) is 44.9 Å². The zero-order chi connectivity index (χ0) is 16.3. The lowest BCUT2D eigenvalue weighted by molar-refractivity contribution is -0.148. The molecule has 0 saturated carbocycles. The minimum absolute atomic E-state index is 0. The number of aryl methyl sites for hydroxylation is 1. The third-order valence-electron chi connectivity index (χ3n) is 5.28. The molecule has 3 heterocycles. The smallest absolute Gasteiger partial charge is 0.230 e. The van der Waals surface area contributed by atoms with Gasteiger partial charge in [-0.1, -0.05) is 6.92 Å². The first-order chi connectivity index (χ1) is 11.2. The van der Waals surface area contributed by atoms with Gasteiger partial charge in [0.05, 0.1) is 16.1 Å². The SMILES string of the molecule is CCc1csc(C2CCCN(C(=O)C3(CN)CCOCC3)C2)n1.Cl.Cl. The zero-order valence-electron chi connectivity index (χ0n) is 14.7. The fourth-order valence-corrected chi connectivity index (χ4v) is 4.67. The summed E-state index contributed by atoms with van der Waals surface area (Å²) in [6, 6.07) is 0. The molecule has 144 valence electrons. The Hall–Kier alpha value is -0.400. The van der Waals surface area contributed by atoms with E-state index in [2.05, 4.69) is 12.3 Å². The van der Waals surface area contributed by atoms with Gasteiger partial charge in [0.2, 0.25) is 5.91 Å². The normalized spacial score (nSPS) is 22.6. The lowest BCUT2D eigenvalue weighted by Gasteiger charge is -2.41. The standard InChI is InChI=1S/C17H27N3O2S.2ClH/c1-2-14-11-23-15(19-14)13-4-3-7-20(10-13)16(21)17(12-18)5-8-22-9-6-17;;/h11,13H,2-10,12,18H2,1H3;2*1H. The van der Waals surface area contributed by atoms with Crippen molar-refractivity contribution in [3.05, 3.63) is 16.1 Å². The average Bonchev–Trinajstić information content (AvgIpc) is 3.11. The highest BCUT2D eigenvalue weighted by atomic mass is 35.5. The van der Waals surface area contributed by atoms with Gasteiger partial charge in [0.15, 0.2) is 0 Å². The molecule has 2 saturated heterocycles. The Balaban J connectivity index is 0.00000156. The number of thiazole rings is 1. The van der Waals surface area contributed by atoms with Crippen LogP contribution in [0.4, 0.5) is 0 Å². The maximum absolute atomic E-state index is 13.1. The van der Waals surface area contributed by atoms with Crippen molar-refractivity contribution in [1.82, 2.24) is 9.88 Å². The third kappa shape index (κ3) is 4.86. The summed E-state index contributed by atoms with van der Waals surface area (Å²) in [6.07, 6.45) is 4.65. The van der Waals surface area contributed by atoms with E-state index in [0.717, 1.165) is 50.9 Å². The van der Waals surface area contributed by atoms with Gasteiger partial charge in [0, 0.05) is 44.1 Å². The Morgan fingerprint density at radius 2 is 2.16 bits per heavy atom.